The smallest absolute Gasteiger partial charge is 0.310 e. The number of esters is 1. The highest BCUT2D eigenvalue weighted by molar-refractivity contribution is 5.82. The van der Waals surface area contributed by atoms with Gasteiger partial charge in [0.05, 0.1) is 24.1 Å². The van der Waals surface area contributed by atoms with Crippen molar-refractivity contribution >= 4 is 16.9 Å². The molecule has 0 spiro atoms. The fourth-order valence-electron chi connectivity index (χ4n) is 4.19. The standard InChI is InChI=1S/C29H23F4N3O3/c1-3-38-25(37)11-16-5-4-6-18(26(16)32)15(2)24-14-35-29(36-24)20-12-17(7-8-21(20)30)39-28-22(31)13-23-19(27(28)33)9-10-34-23/h4-10,12-15,34H,3,11H2,1-2H3,(H,35,36)/i2D3. The van der Waals surface area contributed by atoms with E-state index in [9.17, 15) is 18.0 Å². The largest absolute Gasteiger partial charge is 0.466 e. The minimum absolute atomic E-state index is 0.0480. The fraction of sp³-hybridized carbons (Fsp3) is 0.172. The molecule has 1 atom stereocenters. The Kier molecular flexibility index (Phi) is 6.11. The Bertz CT molecular complexity index is 1790. The number of rotatable bonds is 8. The first-order valence-corrected chi connectivity index (χ1v) is 11.9. The molecule has 0 saturated carbocycles. The molecule has 0 aliphatic rings. The third kappa shape index (κ3) is 5.09. The minimum atomic E-state index is -2.78. The third-order valence-corrected chi connectivity index (χ3v) is 6.08. The summed E-state index contributed by atoms with van der Waals surface area (Å²) >= 11 is 0. The Labute approximate surface area is 224 Å². The van der Waals surface area contributed by atoms with Crippen molar-refractivity contribution in [1.29, 1.82) is 0 Å². The maximum absolute atomic E-state index is 15.5. The van der Waals surface area contributed by atoms with Gasteiger partial charge in [-0.2, -0.15) is 0 Å². The van der Waals surface area contributed by atoms with Gasteiger partial charge in [0.2, 0.25) is 0 Å². The van der Waals surface area contributed by atoms with Gasteiger partial charge in [-0.1, -0.05) is 25.1 Å². The van der Waals surface area contributed by atoms with Gasteiger partial charge in [-0.05, 0) is 42.3 Å². The van der Waals surface area contributed by atoms with Crippen LogP contribution in [0.1, 0.15) is 40.6 Å². The molecule has 3 aromatic carbocycles. The topological polar surface area (TPSA) is 80.0 Å². The van der Waals surface area contributed by atoms with Crippen LogP contribution >= 0.6 is 0 Å². The molecule has 0 aliphatic heterocycles. The zero-order valence-corrected chi connectivity index (χ0v) is 20.4. The molecule has 6 nitrogen and oxygen atoms in total. The Morgan fingerprint density at radius 1 is 1.08 bits per heavy atom. The predicted molar refractivity (Wildman–Crippen MR) is 137 cm³/mol. The van der Waals surface area contributed by atoms with E-state index >= 15 is 4.39 Å². The number of hydrogen-bond acceptors (Lipinski definition) is 4. The van der Waals surface area contributed by atoms with Crippen LogP contribution in [0.5, 0.6) is 11.5 Å². The summed E-state index contributed by atoms with van der Waals surface area (Å²) < 4.78 is 94.5. The van der Waals surface area contributed by atoms with E-state index in [0.717, 1.165) is 24.4 Å². The molecule has 0 amide bonds. The number of carbonyl (C=O) groups excluding carboxylic acids is 1. The van der Waals surface area contributed by atoms with Gasteiger partial charge in [0.1, 0.15) is 23.2 Å². The van der Waals surface area contributed by atoms with Crippen molar-refractivity contribution in [3.8, 4) is 22.9 Å². The zero-order valence-electron chi connectivity index (χ0n) is 23.4. The number of H-pyrrole nitrogens is 2. The summed E-state index contributed by atoms with van der Waals surface area (Å²) in [6.45, 7) is -1.07. The lowest BCUT2D eigenvalue weighted by Gasteiger charge is -2.14. The molecule has 2 N–H and O–H groups in total. The Hall–Kier alpha value is -4.60. The van der Waals surface area contributed by atoms with Gasteiger partial charge in [0, 0.05) is 39.6 Å². The SMILES string of the molecule is [2H]C([2H])([2H])C(c1cnc(-c2cc(Oc3c(F)cc4[nH]ccc4c3F)ccc2F)[nH]1)c1cccc(CC(=O)OCC)c1F. The van der Waals surface area contributed by atoms with Crippen LogP contribution in [0.4, 0.5) is 17.6 Å². The van der Waals surface area contributed by atoms with Crippen molar-refractivity contribution in [1.82, 2.24) is 15.0 Å². The van der Waals surface area contributed by atoms with Gasteiger partial charge in [0.25, 0.3) is 0 Å². The van der Waals surface area contributed by atoms with Gasteiger partial charge in [-0.25, -0.2) is 22.5 Å². The number of benzene rings is 3. The molecule has 0 radical (unpaired) electrons. The van der Waals surface area contributed by atoms with Crippen molar-refractivity contribution in [2.45, 2.75) is 26.1 Å². The zero-order chi connectivity index (χ0) is 30.2. The normalized spacial score (nSPS) is 13.5. The second-order valence-electron chi connectivity index (χ2n) is 8.61. The van der Waals surface area contributed by atoms with E-state index in [0.29, 0.717) is 0 Å². The van der Waals surface area contributed by atoms with Crippen LogP contribution in [0.25, 0.3) is 22.3 Å². The van der Waals surface area contributed by atoms with Crippen LogP contribution < -0.4 is 4.74 Å². The average molecular weight is 541 g/mol. The lowest BCUT2D eigenvalue weighted by molar-refractivity contribution is -0.142. The molecule has 0 fully saturated rings. The highest BCUT2D eigenvalue weighted by Crippen LogP contribution is 2.35. The molecule has 2 heterocycles. The highest BCUT2D eigenvalue weighted by Gasteiger charge is 2.21. The molecule has 1 unspecified atom stereocenters. The van der Waals surface area contributed by atoms with E-state index in [4.69, 9.17) is 13.6 Å². The maximum Gasteiger partial charge on any atom is 0.310 e. The van der Waals surface area contributed by atoms with Crippen LogP contribution in [0.15, 0.2) is 60.9 Å². The van der Waals surface area contributed by atoms with Crippen LogP contribution in [-0.4, -0.2) is 27.5 Å². The highest BCUT2D eigenvalue weighted by atomic mass is 19.1. The maximum atomic E-state index is 15.5. The fourth-order valence-corrected chi connectivity index (χ4v) is 4.19. The molecule has 5 rings (SSSR count). The number of halogens is 4. The molecule has 39 heavy (non-hydrogen) atoms. The van der Waals surface area contributed by atoms with Crippen molar-refractivity contribution in [3.05, 3.63) is 101 Å². The summed E-state index contributed by atoms with van der Waals surface area (Å²) in [6.07, 6.45) is 2.18. The van der Waals surface area contributed by atoms with Crippen molar-refractivity contribution < 1.29 is 35.9 Å². The van der Waals surface area contributed by atoms with Gasteiger partial charge < -0.3 is 19.4 Å². The Morgan fingerprint density at radius 3 is 2.72 bits per heavy atom. The molecule has 10 heteroatoms. The van der Waals surface area contributed by atoms with Crippen molar-refractivity contribution in [2.75, 3.05) is 6.61 Å². The number of nitrogens with zero attached hydrogens (tertiary/aromatic N) is 1. The van der Waals surface area contributed by atoms with E-state index < -0.39 is 54.2 Å². The summed E-state index contributed by atoms with van der Waals surface area (Å²) in [5.41, 5.74) is -0.295. The van der Waals surface area contributed by atoms with Gasteiger partial charge in [-0.3, -0.25) is 4.79 Å². The molecule has 0 saturated heterocycles. The summed E-state index contributed by atoms with van der Waals surface area (Å²) in [4.78, 5) is 21.5. The van der Waals surface area contributed by atoms with E-state index in [1.807, 2.05) is 0 Å². The summed E-state index contributed by atoms with van der Waals surface area (Å²) in [5, 5.41) is 0.0960. The summed E-state index contributed by atoms with van der Waals surface area (Å²) in [7, 11) is 0. The van der Waals surface area contributed by atoms with Crippen molar-refractivity contribution in [2.24, 2.45) is 0 Å². The first kappa shape index (κ1) is 22.4. The monoisotopic (exact) mass is 540 g/mol. The molecule has 2 aromatic heterocycles. The molecule has 5 aromatic rings. The molecule has 200 valence electrons. The van der Waals surface area contributed by atoms with Crippen LogP contribution in [0, 0.1) is 23.3 Å². The second kappa shape index (κ2) is 10.6. The van der Waals surface area contributed by atoms with Crippen LogP contribution in [-0.2, 0) is 16.0 Å². The number of nitrogens with one attached hydrogen (secondary N) is 2. The third-order valence-electron chi connectivity index (χ3n) is 6.08. The number of hydrogen-bond donors (Lipinski definition) is 2. The number of aromatic amines is 2. The lowest BCUT2D eigenvalue weighted by Crippen LogP contribution is -2.10. The number of ether oxygens (including phenoxy) is 2. The molecule has 0 bridgehead atoms. The summed E-state index contributed by atoms with van der Waals surface area (Å²) in [5.74, 6) is -6.81. The second-order valence-corrected chi connectivity index (χ2v) is 8.61. The first-order chi connectivity index (χ1) is 20.0. The number of carbonyl (C=O) groups is 1. The number of imidazole rings is 1. The van der Waals surface area contributed by atoms with E-state index in [2.05, 4.69) is 15.0 Å². The first-order valence-electron chi connectivity index (χ1n) is 13.4. The van der Waals surface area contributed by atoms with E-state index in [1.54, 1.807) is 6.92 Å². The lowest BCUT2D eigenvalue weighted by atomic mass is 9.95. The number of aromatic nitrogens is 3. The predicted octanol–water partition coefficient (Wildman–Crippen LogP) is 7.16. The van der Waals surface area contributed by atoms with E-state index in [-0.39, 0.29) is 51.5 Å². The quantitative estimate of drug-likeness (QED) is 0.162. The van der Waals surface area contributed by atoms with Crippen LogP contribution in [0.2, 0.25) is 0 Å². The summed E-state index contributed by atoms with van der Waals surface area (Å²) in [6, 6.07) is 9.83. The van der Waals surface area contributed by atoms with E-state index in [1.165, 1.54) is 36.5 Å². The Balaban J connectivity index is 1.49. The average Bonchev–Trinajstić information content (AvgIpc) is 3.59. The van der Waals surface area contributed by atoms with Gasteiger partial charge in [-0.15, -0.1) is 0 Å². The van der Waals surface area contributed by atoms with Gasteiger partial charge >= 0.3 is 5.97 Å². The number of fused-ring (bicyclic) bond motifs is 1. The van der Waals surface area contributed by atoms with Crippen LogP contribution in [0.3, 0.4) is 0 Å². The molecular formula is C29H23F4N3O3. The van der Waals surface area contributed by atoms with Gasteiger partial charge in [0.15, 0.2) is 17.4 Å². The minimum Gasteiger partial charge on any atom is -0.466 e. The van der Waals surface area contributed by atoms with Crippen molar-refractivity contribution in [3.63, 3.8) is 0 Å². The molecular weight excluding hydrogens is 514 g/mol. The Morgan fingerprint density at radius 2 is 1.92 bits per heavy atom. The molecule has 0 aliphatic carbocycles.